The van der Waals surface area contributed by atoms with Crippen LogP contribution in [-0.2, 0) is 27.3 Å². The second kappa shape index (κ2) is 16.3. The molecule has 0 saturated heterocycles. The quantitative estimate of drug-likeness (QED) is 0.311. The van der Waals surface area contributed by atoms with E-state index in [1.807, 2.05) is 13.8 Å². The monoisotopic (exact) mass is 651 g/mol. The van der Waals surface area contributed by atoms with E-state index in [9.17, 15) is 24.0 Å². The number of benzene rings is 2. The molecule has 14 nitrogen and oxygen atoms in total. The van der Waals surface area contributed by atoms with E-state index in [1.54, 1.807) is 36.4 Å². The van der Waals surface area contributed by atoms with Gasteiger partial charge in [-0.2, -0.15) is 5.16 Å². The minimum Gasteiger partial charge on any atom is -0.496 e. The molecule has 252 valence electrons. The molecular weight excluding hydrogens is 610 g/mol. The summed E-state index contributed by atoms with van der Waals surface area (Å²) in [6, 6.07) is 10.4. The second-order valence-electron chi connectivity index (χ2n) is 11.4. The molecule has 0 aliphatic carbocycles. The normalized spacial score (nSPS) is 16.7. The minimum absolute atomic E-state index is 0.000341. The molecule has 0 spiro atoms. The van der Waals surface area contributed by atoms with Crippen molar-refractivity contribution >= 4 is 23.6 Å². The van der Waals surface area contributed by atoms with E-state index in [0.717, 1.165) is 0 Å². The molecule has 4 amide bonds. The molecule has 0 radical (unpaired) electrons. The largest absolute Gasteiger partial charge is 0.496 e. The molecule has 2 aromatic carbocycles. The van der Waals surface area contributed by atoms with Gasteiger partial charge in [0, 0.05) is 37.6 Å². The number of amides is 4. The number of nitrogens with zero attached hydrogens (tertiary/aromatic N) is 1. The van der Waals surface area contributed by atoms with Crippen molar-refractivity contribution in [2.24, 2.45) is 5.92 Å². The van der Waals surface area contributed by atoms with Crippen molar-refractivity contribution in [1.29, 1.82) is 0 Å². The number of methoxy groups -OCH3 is 2. The second-order valence-corrected chi connectivity index (χ2v) is 11.4. The van der Waals surface area contributed by atoms with Crippen molar-refractivity contribution in [3.05, 3.63) is 69.7 Å². The molecule has 1 aromatic heterocycles. The molecule has 2 heterocycles. The lowest BCUT2D eigenvalue weighted by Gasteiger charge is -2.26. The SMILES string of the molecule is COc1ccc2cc1Oc1cccc(OC)c1CNC(=O)[C@@H](C(C)C)NC(=O)CN(C(=O)CCc1cc(=O)[nH]o1)CCCCNC2=O. The highest BCUT2D eigenvalue weighted by Crippen LogP contribution is 2.37. The molecule has 1 atom stereocenters. The smallest absolute Gasteiger partial charge is 0.280 e. The van der Waals surface area contributed by atoms with E-state index < -0.39 is 23.4 Å². The first-order valence-corrected chi connectivity index (χ1v) is 15.4. The third-order valence-corrected chi connectivity index (χ3v) is 7.65. The Hall–Kier alpha value is -5.27. The van der Waals surface area contributed by atoms with Gasteiger partial charge in [-0.15, -0.1) is 0 Å². The van der Waals surface area contributed by atoms with Gasteiger partial charge >= 0.3 is 0 Å². The van der Waals surface area contributed by atoms with Crippen LogP contribution in [0.4, 0.5) is 0 Å². The Kier molecular flexibility index (Phi) is 12.0. The molecule has 0 fully saturated rings. The third-order valence-electron chi connectivity index (χ3n) is 7.65. The number of hydrogen-bond donors (Lipinski definition) is 4. The van der Waals surface area contributed by atoms with Crippen molar-refractivity contribution < 1.29 is 37.9 Å². The maximum Gasteiger partial charge on any atom is 0.280 e. The van der Waals surface area contributed by atoms with Crippen LogP contribution in [0.25, 0.3) is 0 Å². The van der Waals surface area contributed by atoms with Crippen molar-refractivity contribution in [3.63, 3.8) is 0 Å². The standard InChI is InChI=1S/C33H41N5O9/c1-20(2)31-33(43)35-18-23-24(44-3)8-7-9-25(23)46-27-16-21(10-12-26(27)45-4)32(42)34-14-5-6-15-38(19-29(40)36-31)30(41)13-11-22-17-28(39)37-47-22/h7-10,12,16-17,20,31H,5-6,11,13-15,18-19H2,1-4H3,(H,34,42)(H,35,43)(H,36,40)(H,37,39)/t31-/m1/s1. The fraction of sp³-hybridized carbons (Fsp3) is 0.424. The first-order chi connectivity index (χ1) is 22.6. The van der Waals surface area contributed by atoms with Gasteiger partial charge in [0.1, 0.15) is 23.3 Å². The van der Waals surface area contributed by atoms with Gasteiger partial charge in [-0.3, -0.25) is 24.0 Å². The van der Waals surface area contributed by atoms with Crippen LogP contribution in [0.15, 0.2) is 51.8 Å². The molecule has 14 heteroatoms. The Balaban J connectivity index is 1.61. The number of carbonyl (C=O) groups is 4. The van der Waals surface area contributed by atoms with Crippen molar-refractivity contribution in [2.45, 2.75) is 52.1 Å². The first-order valence-electron chi connectivity index (χ1n) is 15.4. The lowest BCUT2D eigenvalue weighted by atomic mass is 10.0. The summed E-state index contributed by atoms with van der Waals surface area (Å²) >= 11 is 0. The molecule has 0 saturated carbocycles. The number of H-pyrrole nitrogens is 1. The summed E-state index contributed by atoms with van der Waals surface area (Å²) in [5.41, 5.74) is 0.464. The van der Waals surface area contributed by atoms with Gasteiger partial charge in [-0.25, -0.2) is 0 Å². The predicted octanol–water partition coefficient (Wildman–Crippen LogP) is 2.52. The summed E-state index contributed by atoms with van der Waals surface area (Å²) in [7, 11) is 2.99. The Morgan fingerprint density at radius 3 is 2.47 bits per heavy atom. The van der Waals surface area contributed by atoms with Crippen LogP contribution in [0.5, 0.6) is 23.0 Å². The van der Waals surface area contributed by atoms with E-state index >= 15 is 0 Å². The topological polar surface area (TPSA) is 181 Å². The van der Waals surface area contributed by atoms with Crippen LogP contribution >= 0.6 is 0 Å². The number of aromatic nitrogens is 1. The van der Waals surface area contributed by atoms with Crippen molar-refractivity contribution in [2.75, 3.05) is 33.9 Å². The van der Waals surface area contributed by atoms with E-state index in [4.69, 9.17) is 18.7 Å². The number of aromatic amines is 1. The fourth-order valence-electron chi connectivity index (χ4n) is 5.09. The van der Waals surface area contributed by atoms with Gasteiger partial charge in [-0.1, -0.05) is 19.9 Å². The average Bonchev–Trinajstić information content (AvgIpc) is 3.48. The molecule has 47 heavy (non-hydrogen) atoms. The van der Waals surface area contributed by atoms with Crippen LogP contribution in [-0.4, -0.2) is 73.6 Å². The van der Waals surface area contributed by atoms with Gasteiger partial charge in [0.2, 0.25) is 17.7 Å². The number of rotatable bonds is 6. The molecule has 1 aliphatic heterocycles. The molecule has 0 unspecified atom stereocenters. The van der Waals surface area contributed by atoms with E-state index in [0.29, 0.717) is 53.5 Å². The number of fused-ring (bicyclic) bond motifs is 3. The van der Waals surface area contributed by atoms with E-state index in [-0.39, 0.29) is 56.0 Å². The zero-order valence-corrected chi connectivity index (χ0v) is 27.0. The lowest BCUT2D eigenvalue weighted by molar-refractivity contribution is -0.137. The van der Waals surface area contributed by atoms with Gasteiger partial charge in [0.25, 0.3) is 11.5 Å². The molecule has 1 aliphatic rings. The zero-order valence-electron chi connectivity index (χ0n) is 27.0. The van der Waals surface area contributed by atoms with E-state index in [2.05, 4.69) is 21.1 Å². The van der Waals surface area contributed by atoms with Crippen LogP contribution < -0.4 is 35.7 Å². The van der Waals surface area contributed by atoms with Crippen LogP contribution in [0, 0.1) is 5.92 Å². The number of carbonyl (C=O) groups excluding carboxylic acids is 4. The highest BCUT2D eigenvalue weighted by molar-refractivity contribution is 5.95. The van der Waals surface area contributed by atoms with Crippen LogP contribution in [0.2, 0.25) is 0 Å². The van der Waals surface area contributed by atoms with Gasteiger partial charge in [0.05, 0.1) is 32.9 Å². The van der Waals surface area contributed by atoms with Crippen LogP contribution in [0.1, 0.15) is 54.8 Å². The molecule has 2 bridgehead atoms. The summed E-state index contributed by atoms with van der Waals surface area (Å²) in [4.78, 5) is 65.8. The maximum atomic E-state index is 13.5. The van der Waals surface area contributed by atoms with Gasteiger partial charge in [0.15, 0.2) is 11.5 Å². The van der Waals surface area contributed by atoms with E-state index in [1.165, 1.54) is 25.2 Å². The predicted molar refractivity (Wildman–Crippen MR) is 170 cm³/mol. The number of nitrogens with one attached hydrogen (secondary N) is 4. The fourth-order valence-corrected chi connectivity index (χ4v) is 5.09. The lowest BCUT2D eigenvalue weighted by Crippen LogP contribution is -2.52. The van der Waals surface area contributed by atoms with Crippen molar-refractivity contribution in [3.8, 4) is 23.0 Å². The summed E-state index contributed by atoms with van der Waals surface area (Å²) in [6.07, 6.45) is 1.18. The van der Waals surface area contributed by atoms with Gasteiger partial charge < -0.3 is 39.6 Å². The van der Waals surface area contributed by atoms with Gasteiger partial charge in [-0.05, 0) is 49.1 Å². The number of aryl methyl sites for hydroxylation is 1. The van der Waals surface area contributed by atoms with Crippen molar-refractivity contribution in [1.82, 2.24) is 26.0 Å². The Labute approximate surface area is 272 Å². The highest BCUT2D eigenvalue weighted by atomic mass is 16.5. The molecular formula is C33H41N5O9. The Morgan fingerprint density at radius 2 is 1.77 bits per heavy atom. The summed E-state index contributed by atoms with van der Waals surface area (Å²) in [5.74, 6) is -0.0363. The number of hydrogen-bond acceptors (Lipinski definition) is 9. The average molecular weight is 652 g/mol. The summed E-state index contributed by atoms with van der Waals surface area (Å²) < 4.78 is 22.3. The maximum absolute atomic E-state index is 13.5. The molecule has 4 rings (SSSR count). The number of ether oxygens (including phenoxy) is 3. The Morgan fingerprint density at radius 1 is 0.979 bits per heavy atom. The molecule has 4 N–H and O–H groups in total. The molecule has 3 aromatic rings. The highest BCUT2D eigenvalue weighted by Gasteiger charge is 2.27. The zero-order chi connectivity index (χ0) is 33.9. The third kappa shape index (κ3) is 9.37. The minimum atomic E-state index is -0.898. The first kappa shape index (κ1) is 34.6. The summed E-state index contributed by atoms with van der Waals surface area (Å²) in [5, 5.41) is 10.7. The summed E-state index contributed by atoms with van der Waals surface area (Å²) in [6.45, 7) is 3.88. The Bertz CT molecular complexity index is 1630. The van der Waals surface area contributed by atoms with Crippen LogP contribution in [0.3, 0.4) is 0 Å².